The topological polar surface area (TPSA) is 90.4 Å². The molecule has 2 aromatic carbocycles. The van der Waals surface area contributed by atoms with Gasteiger partial charge in [-0.15, -0.1) is 35.0 Å². The molecule has 3 N–H and O–H groups in total. The Morgan fingerprint density at radius 2 is 2.00 bits per heavy atom. The van der Waals surface area contributed by atoms with Crippen molar-refractivity contribution in [2.75, 3.05) is 11.3 Å². The van der Waals surface area contributed by atoms with Crippen LogP contribution in [0.25, 0.3) is 0 Å². The Kier molecular flexibility index (Phi) is 10.1. The first kappa shape index (κ1) is 25.8. The number of benzene rings is 2. The second-order valence-corrected chi connectivity index (χ2v) is 6.55. The number of halogens is 5. The molecule has 0 unspecified atom stereocenters. The molecule has 1 aromatic heterocycles. The number of ether oxygens (including phenoxy) is 1. The molecule has 162 valence electrons. The van der Waals surface area contributed by atoms with E-state index >= 15 is 0 Å². The molecule has 7 nitrogen and oxygen atoms in total. The van der Waals surface area contributed by atoms with E-state index in [1.165, 1.54) is 23.0 Å². The summed E-state index contributed by atoms with van der Waals surface area (Å²) in [7, 11) is 0. The van der Waals surface area contributed by atoms with Crippen LogP contribution in [0, 0.1) is 5.82 Å². The number of nitrogens with one attached hydrogen (secondary N) is 1. The van der Waals surface area contributed by atoms with Crippen LogP contribution in [-0.2, 0) is 13.0 Å². The summed E-state index contributed by atoms with van der Waals surface area (Å²) in [5, 5.41) is 12.7. The average Bonchev–Trinajstić information content (AvgIpc) is 3.02. The summed E-state index contributed by atoms with van der Waals surface area (Å²) in [6.07, 6.45) is 2.13. The lowest BCUT2D eigenvalue weighted by Gasteiger charge is -2.11. The minimum Gasteiger partial charge on any atom is -0.488 e. The molecular weight excluding hydrogens is 477 g/mol. The molecule has 0 amide bonds. The fourth-order valence-electron chi connectivity index (χ4n) is 2.37. The molecule has 0 fully saturated rings. The number of aromatic nitrogens is 3. The first-order valence-corrected chi connectivity index (χ1v) is 9.09. The van der Waals surface area contributed by atoms with Crippen molar-refractivity contribution in [2.24, 2.45) is 5.10 Å². The average molecular weight is 496 g/mol. The number of anilines is 1. The lowest BCUT2D eigenvalue weighted by molar-refractivity contribution is 0.299. The van der Waals surface area contributed by atoms with E-state index in [4.69, 9.17) is 33.8 Å². The molecule has 3 rings (SSSR count). The molecule has 0 aliphatic heterocycles. The van der Waals surface area contributed by atoms with Gasteiger partial charge in [-0.2, -0.15) is 5.10 Å². The predicted molar refractivity (Wildman–Crippen MR) is 122 cm³/mol. The van der Waals surface area contributed by atoms with E-state index < -0.39 is 5.82 Å². The third-order valence-corrected chi connectivity index (χ3v) is 4.45. The summed E-state index contributed by atoms with van der Waals surface area (Å²) in [5.41, 5.74) is 3.55. The Bertz CT molecular complexity index is 994. The highest BCUT2D eigenvalue weighted by atomic mass is 35.5. The summed E-state index contributed by atoms with van der Waals surface area (Å²) in [6.45, 7) is 1.87. The molecule has 0 saturated carbocycles. The Labute approximate surface area is 195 Å². The van der Waals surface area contributed by atoms with E-state index in [0.717, 1.165) is 0 Å². The Hall–Kier alpha value is -2.26. The van der Waals surface area contributed by atoms with Crippen molar-refractivity contribution in [3.8, 4) is 5.75 Å². The number of hydrogen-bond donors (Lipinski definition) is 2. The highest BCUT2D eigenvalue weighted by molar-refractivity contribution is 6.31. The zero-order valence-corrected chi connectivity index (χ0v) is 18.8. The van der Waals surface area contributed by atoms with E-state index in [-0.39, 0.29) is 42.9 Å². The van der Waals surface area contributed by atoms with Gasteiger partial charge in [-0.3, -0.25) is 0 Å². The minimum absolute atomic E-state index is 0. The van der Waals surface area contributed by atoms with Gasteiger partial charge in [0.1, 0.15) is 18.2 Å². The molecule has 0 aliphatic carbocycles. The smallest absolute Gasteiger partial charge is 0.263 e. The van der Waals surface area contributed by atoms with Crippen molar-refractivity contribution in [3.63, 3.8) is 0 Å². The van der Waals surface area contributed by atoms with E-state index in [9.17, 15) is 4.39 Å². The molecule has 0 saturated heterocycles. The molecule has 0 spiro atoms. The van der Waals surface area contributed by atoms with E-state index in [1.54, 1.807) is 24.3 Å². The van der Waals surface area contributed by atoms with Gasteiger partial charge in [-0.25, -0.2) is 14.5 Å². The van der Waals surface area contributed by atoms with Gasteiger partial charge < -0.3 is 10.6 Å². The van der Waals surface area contributed by atoms with Crippen LogP contribution in [0.5, 0.6) is 5.75 Å². The highest BCUT2D eigenvalue weighted by Crippen LogP contribution is 2.25. The number of rotatable bonds is 7. The molecule has 1 heterocycles. The molecular formula is C18H19Cl4FN6O. The van der Waals surface area contributed by atoms with Crippen molar-refractivity contribution < 1.29 is 9.13 Å². The largest absolute Gasteiger partial charge is 0.488 e. The van der Waals surface area contributed by atoms with Gasteiger partial charge in [0, 0.05) is 22.6 Å². The monoisotopic (exact) mass is 494 g/mol. The second kappa shape index (κ2) is 11.8. The standard InChI is InChI=1S/C18H17Cl2FN6O.2ClH/c1-2-17-24-26-18(27(17)22)25-23-9-11-8-12(19)6-7-16(11)28-10-13-14(20)4-3-5-15(13)21;;/h3-9H,2,10,22H2,1H3,(H,25,26);2*1H/b23-9-;;. The van der Waals surface area contributed by atoms with E-state index in [0.29, 0.717) is 33.6 Å². The Balaban J connectivity index is 0.00000225. The zero-order valence-electron chi connectivity index (χ0n) is 15.7. The molecule has 0 radical (unpaired) electrons. The maximum Gasteiger partial charge on any atom is 0.263 e. The lowest BCUT2D eigenvalue weighted by Crippen LogP contribution is -2.15. The summed E-state index contributed by atoms with van der Waals surface area (Å²) < 4.78 is 21.0. The Morgan fingerprint density at radius 1 is 1.23 bits per heavy atom. The normalized spacial score (nSPS) is 10.4. The first-order valence-electron chi connectivity index (χ1n) is 8.33. The molecule has 30 heavy (non-hydrogen) atoms. The third-order valence-electron chi connectivity index (χ3n) is 3.86. The minimum atomic E-state index is -0.438. The van der Waals surface area contributed by atoms with Gasteiger partial charge in [0.25, 0.3) is 5.95 Å². The number of hydrazone groups is 1. The fraction of sp³-hybridized carbons (Fsp3) is 0.167. The van der Waals surface area contributed by atoms with Gasteiger partial charge in [-0.05, 0) is 30.3 Å². The Morgan fingerprint density at radius 3 is 2.67 bits per heavy atom. The molecule has 0 atom stereocenters. The van der Waals surface area contributed by atoms with Crippen molar-refractivity contribution >= 4 is 60.2 Å². The third kappa shape index (κ3) is 6.12. The van der Waals surface area contributed by atoms with Crippen molar-refractivity contribution in [1.82, 2.24) is 14.9 Å². The summed E-state index contributed by atoms with van der Waals surface area (Å²) in [5.74, 6) is 6.77. The van der Waals surface area contributed by atoms with Crippen LogP contribution in [-0.4, -0.2) is 21.1 Å². The van der Waals surface area contributed by atoms with Crippen LogP contribution in [0.1, 0.15) is 23.9 Å². The maximum atomic E-state index is 13.9. The van der Waals surface area contributed by atoms with Crippen LogP contribution < -0.4 is 16.0 Å². The van der Waals surface area contributed by atoms with Crippen LogP contribution in [0.4, 0.5) is 10.3 Å². The number of aryl methyl sites for hydroxylation is 1. The highest BCUT2D eigenvalue weighted by Gasteiger charge is 2.10. The van der Waals surface area contributed by atoms with Crippen LogP contribution in [0.3, 0.4) is 0 Å². The first-order chi connectivity index (χ1) is 13.5. The summed E-state index contributed by atoms with van der Waals surface area (Å²) in [6, 6.07) is 9.45. The van der Waals surface area contributed by atoms with Crippen molar-refractivity contribution in [2.45, 2.75) is 20.0 Å². The SMILES string of the molecule is CCc1nnc(N/N=C\c2cc(Cl)ccc2OCc2c(F)cccc2Cl)n1N.Cl.Cl. The lowest BCUT2D eigenvalue weighted by atomic mass is 10.2. The van der Waals surface area contributed by atoms with E-state index in [1.807, 2.05) is 6.92 Å². The molecule has 3 aromatic rings. The maximum absolute atomic E-state index is 13.9. The number of nitrogens with zero attached hydrogens (tertiary/aromatic N) is 4. The van der Waals surface area contributed by atoms with Gasteiger partial charge in [0.15, 0.2) is 5.82 Å². The van der Waals surface area contributed by atoms with Gasteiger partial charge in [0.2, 0.25) is 0 Å². The van der Waals surface area contributed by atoms with Crippen molar-refractivity contribution in [1.29, 1.82) is 0 Å². The van der Waals surface area contributed by atoms with Crippen LogP contribution in [0.2, 0.25) is 10.0 Å². The molecule has 12 heteroatoms. The second-order valence-electron chi connectivity index (χ2n) is 5.70. The van der Waals surface area contributed by atoms with Gasteiger partial charge in [-0.1, -0.05) is 36.2 Å². The molecule has 0 aliphatic rings. The van der Waals surface area contributed by atoms with E-state index in [2.05, 4.69) is 20.7 Å². The van der Waals surface area contributed by atoms with Gasteiger partial charge >= 0.3 is 0 Å². The number of hydrogen-bond acceptors (Lipinski definition) is 6. The van der Waals surface area contributed by atoms with Gasteiger partial charge in [0.05, 0.1) is 11.2 Å². The van der Waals surface area contributed by atoms with Crippen LogP contribution >= 0.6 is 48.0 Å². The quantitative estimate of drug-likeness (QED) is 0.277. The van der Waals surface area contributed by atoms with Crippen LogP contribution in [0.15, 0.2) is 41.5 Å². The number of nitrogens with two attached hydrogens (primary N) is 1. The zero-order chi connectivity index (χ0) is 20.1. The fourth-order valence-corrected chi connectivity index (χ4v) is 2.77. The number of nitrogen functional groups attached to an aromatic ring is 1. The predicted octanol–water partition coefficient (Wildman–Crippen LogP) is 4.87. The summed E-state index contributed by atoms with van der Waals surface area (Å²) in [4.78, 5) is 0. The summed E-state index contributed by atoms with van der Waals surface area (Å²) >= 11 is 12.1. The molecule has 0 bridgehead atoms. The van der Waals surface area contributed by atoms with Crippen molar-refractivity contribution in [3.05, 3.63) is 69.2 Å².